The molecule has 3 heterocycles. The van der Waals surface area contributed by atoms with Crippen molar-refractivity contribution in [2.45, 2.75) is 70.0 Å². The number of nitrogens with zero attached hydrogens (tertiary/aromatic N) is 4. The molecule has 1 saturated heterocycles. The minimum atomic E-state index is -4.28. The number of benzene rings is 1. The van der Waals surface area contributed by atoms with Crippen molar-refractivity contribution in [3.63, 3.8) is 0 Å². The molecule has 11 nitrogen and oxygen atoms in total. The summed E-state index contributed by atoms with van der Waals surface area (Å²) in [6.07, 6.45) is 1.91. The maximum atomic E-state index is 11.2. The maximum Gasteiger partial charge on any atom is 0.325 e. The van der Waals surface area contributed by atoms with Gasteiger partial charge in [-0.1, -0.05) is 38.3 Å². The van der Waals surface area contributed by atoms with Gasteiger partial charge in [0.25, 0.3) is 0 Å². The summed E-state index contributed by atoms with van der Waals surface area (Å²) in [5.41, 5.74) is 2.71. The van der Waals surface area contributed by atoms with Crippen molar-refractivity contribution in [2.75, 3.05) is 11.5 Å². The van der Waals surface area contributed by atoms with Crippen LogP contribution in [0.5, 0.6) is 0 Å². The van der Waals surface area contributed by atoms with E-state index >= 15 is 0 Å². The molecule has 2 aromatic heterocycles. The number of ether oxygens (including phenoxy) is 1. The number of hydrogen-bond donors (Lipinski definition) is 5. The van der Waals surface area contributed by atoms with E-state index in [1.165, 1.54) is 35.7 Å². The molecule has 196 valence electrons. The molecule has 13 heteroatoms. The highest BCUT2D eigenvalue weighted by atomic mass is 35.5. The fourth-order valence-corrected chi connectivity index (χ4v) is 5.06. The average Bonchev–Trinajstić information content (AvgIpc) is 3.37. The minimum absolute atomic E-state index is 0.0506. The quantitative estimate of drug-likeness (QED) is 0.138. The summed E-state index contributed by atoms with van der Waals surface area (Å²) in [4.78, 5) is 31.1. The molecule has 4 unspecified atom stereocenters. The number of anilines is 2. The number of hydrogen-bond acceptors (Lipinski definition) is 8. The number of rotatable bonds is 11. The van der Waals surface area contributed by atoms with Crippen LogP contribution >= 0.6 is 19.2 Å². The smallest absolute Gasteiger partial charge is 0.325 e. The maximum absolute atomic E-state index is 11.2. The zero-order valence-electron chi connectivity index (χ0n) is 19.9. The van der Waals surface area contributed by atoms with E-state index in [9.17, 15) is 14.8 Å². The molecule has 3 aromatic rings. The van der Waals surface area contributed by atoms with E-state index in [1.807, 2.05) is 12.1 Å². The van der Waals surface area contributed by atoms with Crippen LogP contribution in [0, 0.1) is 0 Å². The Labute approximate surface area is 213 Å². The largest absolute Gasteiger partial charge is 0.388 e. The summed E-state index contributed by atoms with van der Waals surface area (Å²) in [6, 6.07) is 8.04. The van der Waals surface area contributed by atoms with Crippen molar-refractivity contribution in [3.8, 4) is 0 Å². The molecule has 4 atom stereocenters. The van der Waals surface area contributed by atoms with Crippen LogP contribution in [0.2, 0.25) is 5.28 Å². The van der Waals surface area contributed by atoms with Crippen LogP contribution in [0.3, 0.4) is 0 Å². The average molecular weight is 540 g/mol. The van der Waals surface area contributed by atoms with Gasteiger partial charge in [0.2, 0.25) is 5.28 Å². The van der Waals surface area contributed by atoms with Crippen molar-refractivity contribution in [3.05, 3.63) is 41.4 Å². The van der Waals surface area contributed by atoms with Crippen LogP contribution in [-0.2, 0) is 15.7 Å². The van der Waals surface area contributed by atoms with Crippen molar-refractivity contribution >= 4 is 41.9 Å². The normalized spacial score (nSPS) is 22.4. The second kappa shape index (κ2) is 11.5. The van der Waals surface area contributed by atoms with Gasteiger partial charge in [0.1, 0.15) is 12.2 Å². The van der Waals surface area contributed by atoms with Crippen molar-refractivity contribution in [1.82, 2.24) is 19.5 Å². The molecule has 1 aliphatic rings. The van der Waals surface area contributed by atoms with E-state index in [2.05, 4.69) is 39.3 Å². The summed E-state index contributed by atoms with van der Waals surface area (Å²) in [6.45, 7) is 2.19. The summed E-state index contributed by atoms with van der Waals surface area (Å²) in [5.74, 6) is 0.366. The van der Waals surface area contributed by atoms with Gasteiger partial charge in [-0.15, -0.1) is 0 Å². The van der Waals surface area contributed by atoms with Gasteiger partial charge in [0.05, 0.1) is 18.6 Å². The Morgan fingerprint density at radius 2 is 1.86 bits per heavy atom. The first-order chi connectivity index (χ1) is 17.2. The van der Waals surface area contributed by atoms with E-state index in [0.717, 1.165) is 18.5 Å². The van der Waals surface area contributed by atoms with E-state index in [4.69, 9.17) is 26.1 Å². The number of imidazole rings is 1. The van der Waals surface area contributed by atoms with E-state index in [1.54, 1.807) is 0 Å². The monoisotopic (exact) mass is 539 g/mol. The molecule has 0 spiro atoms. The zero-order valence-corrected chi connectivity index (χ0v) is 21.5. The van der Waals surface area contributed by atoms with Gasteiger partial charge in [-0.3, -0.25) is 9.13 Å². The highest BCUT2D eigenvalue weighted by Crippen LogP contribution is 2.40. The van der Waals surface area contributed by atoms with Crippen LogP contribution in [0.4, 0.5) is 11.5 Å². The van der Waals surface area contributed by atoms with Gasteiger partial charge in [-0.05, 0) is 48.6 Å². The minimum Gasteiger partial charge on any atom is -0.388 e. The lowest BCUT2D eigenvalue weighted by atomic mass is 10.1. The predicted molar refractivity (Wildman–Crippen MR) is 135 cm³/mol. The lowest BCUT2D eigenvalue weighted by molar-refractivity contribution is -0.0355. The fourth-order valence-electron chi connectivity index (χ4n) is 4.30. The summed E-state index contributed by atoms with van der Waals surface area (Å²) < 4.78 is 18.4. The van der Waals surface area contributed by atoms with Crippen LogP contribution in [0.15, 0.2) is 30.6 Å². The fraction of sp³-hybridized carbons (Fsp3) is 0.522. The number of fused-ring (bicyclic) bond motifs is 1. The topological polar surface area (TPSA) is 163 Å². The lowest BCUT2D eigenvalue weighted by Gasteiger charge is -2.17. The summed E-state index contributed by atoms with van der Waals surface area (Å²) in [7, 11) is -4.28. The SMILES string of the molecule is CCCCCCc1ccc(Nc2nc(Cl)nc3c2ncn3C2OC(CCP(=O)(O)O)C(O)C2O)cc1. The molecule has 4 rings (SSSR count). The Hall–Kier alpha value is -2.11. The number of aliphatic hydroxyl groups is 2. The third-order valence-corrected chi connectivity index (χ3v) is 7.26. The number of unbranched alkanes of at least 4 members (excludes halogenated alkanes) is 3. The standard InChI is InChI=1S/C23H31ClN5O6P/c1-2-3-4-5-6-14-7-9-15(10-8-14)26-20-17-21(28-23(24)27-20)29(13-25-17)22-19(31)18(30)16(35-22)11-12-36(32,33)34/h7-10,13,16,18-19,22,30-31H,2-6,11-12H2,1H3,(H,26,27,28)(H2,32,33,34). The molecule has 0 radical (unpaired) electrons. The molecular formula is C23H31ClN5O6P. The Balaban J connectivity index is 1.51. The predicted octanol–water partition coefficient (Wildman–Crippen LogP) is 3.53. The van der Waals surface area contributed by atoms with Gasteiger partial charge in [0, 0.05) is 5.69 Å². The van der Waals surface area contributed by atoms with Crippen LogP contribution < -0.4 is 5.32 Å². The van der Waals surface area contributed by atoms with Gasteiger partial charge < -0.3 is 30.1 Å². The first-order valence-corrected chi connectivity index (χ1v) is 14.2. The first kappa shape index (κ1) is 26.9. The van der Waals surface area contributed by atoms with Gasteiger partial charge in [-0.2, -0.15) is 9.97 Å². The molecule has 36 heavy (non-hydrogen) atoms. The number of nitrogens with one attached hydrogen (secondary N) is 1. The van der Waals surface area contributed by atoms with Crippen LogP contribution in [0.1, 0.15) is 50.8 Å². The van der Waals surface area contributed by atoms with Crippen molar-refractivity contribution < 1.29 is 29.3 Å². The molecule has 5 N–H and O–H groups in total. The molecule has 1 fully saturated rings. The van der Waals surface area contributed by atoms with Gasteiger partial charge in [-0.25, -0.2) is 4.98 Å². The Morgan fingerprint density at radius 3 is 2.56 bits per heavy atom. The van der Waals surface area contributed by atoms with Crippen molar-refractivity contribution in [1.29, 1.82) is 0 Å². The highest BCUT2D eigenvalue weighted by Gasteiger charge is 2.44. The number of aliphatic hydroxyl groups excluding tert-OH is 2. The zero-order chi connectivity index (χ0) is 25.9. The molecule has 0 bridgehead atoms. The molecule has 0 saturated carbocycles. The van der Waals surface area contributed by atoms with E-state index < -0.39 is 38.3 Å². The third-order valence-electron chi connectivity index (χ3n) is 6.25. The lowest BCUT2D eigenvalue weighted by Crippen LogP contribution is -2.31. The van der Waals surface area contributed by atoms with E-state index in [-0.39, 0.29) is 17.4 Å². The third kappa shape index (κ3) is 6.41. The summed E-state index contributed by atoms with van der Waals surface area (Å²) in [5, 5.41) is 24.1. The molecular weight excluding hydrogens is 509 g/mol. The molecule has 0 aliphatic carbocycles. The van der Waals surface area contributed by atoms with Crippen LogP contribution in [0.25, 0.3) is 11.2 Å². The Morgan fingerprint density at radius 1 is 1.11 bits per heavy atom. The highest BCUT2D eigenvalue weighted by molar-refractivity contribution is 7.51. The molecule has 1 aliphatic heterocycles. The number of halogens is 1. The van der Waals surface area contributed by atoms with Crippen LogP contribution in [-0.4, -0.2) is 64.0 Å². The number of aryl methyl sites for hydroxylation is 1. The van der Waals surface area contributed by atoms with Gasteiger partial charge >= 0.3 is 7.60 Å². The number of aromatic nitrogens is 4. The van der Waals surface area contributed by atoms with Crippen molar-refractivity contribution in [2.24, 2.45) is 0 Å². The molecule has 0 amide bonds. The van der Waals surface area contributed by atoms with Gasteiger partial charge in [0.15, 0.2) is 23.2 Å². The Kier molecular flexibility index (Phi) is 8.62. The first-order valence-electron chi connectivity index (χ1n) is 12.0. The Bertz CT molecular complexity index is 1220. The second-order valence-electron chi connectivity index (χ2n) is 9.02. The summed E-state index contributed by atoms with van der Waals surface area (Å²) >= 11 is 6.18. The molecule has 1 aromatic carbocycles. The van der Waals surface area contributed by atoms with E-state index in [0.29, 0.717) is 11.3 Å². The second-order valence-corrected chi connectivity index (χ2v) is 11.1.